The summed E-state index contributed by atoms with van der Waals surface area (Å²) in [5.41, 5.74) is 0.919. The topological polar surface area (TPSA) is 55.8 Å². The monoisotopic (exact) mass is 335 g/mol. The molecule has 5 nitrogen and oxygen atoms in total. The quantitative estimate of drug-likeness (QED) is 0.744. The molecule has 0 radical (unpaired) electrons. The summed E-state index contributed by atoms with van der Waals surface area (Å²) in [6.07, 6.45) is 0. The Kier molecular flexibility index (Phi) is 6.15. The molecular weight excluding hydrogens is 314 g/mol. The first-order chi connectivity index (χ1) is 11.1. The molecule has 0 amide bonds. The van der Waals surface area contributed by atoms with Gasteiger partial charge in [-0.1, -0.05) is 42.5 Å². The Morgan fingerprint density at radius 2 is 1.61 bits per heavy atom. The third-order valence-corrected chi connectivity index (χ3v) is 5.32. The molecule has 0 bridgehead atoms. The minimum atomic E-state index is -3.69. The number of hydrogen-bond acceptors (Lipinski definition) is 4. The van der Waals surface area contributed by atoms with Crippen molar-refractivity contribution in [3.63, 3.8) is 0 Å². The number of ether oxygens (including phenoxy) is 2. The van der Waals surface area contributed by atoms with E-state index in [0.717, 1.165) is 5.56 Å². The fourth-order valence-corrected chi connectivity index (χ4v) is 3.80. The van der Waals surface area contributed by atoms with Gasteiger partial charge in [0.05, 0.1) is 13.7 Å². The van der Waals surface area contributed by atoms with Crippen LogP contribution in [0.2, 0.25) is 0 Å². The average molecular weight is 335 g/mol. The lowest BCUT2D eigenvalue weighted by Gasteiger charge is -2.23. The minimum Gasteiger partial charge on any atom is -0.495 e. The van der Waals surface area contributed by atoms with Crippen LogP contribution in [0, 0.1) is 0 Å². The normalized spacial score (nSPS) is 11.6. The van der Waals surface area contributed by atoms with E-state index in [1.54, 1.807) is 31.4 Å². The third kappa shape index (κ3) is 4.31. The van der Waals surface area contributed by atoms with Crippen molar-refractivity contribution >= 4 is 10.0 Å². The van der Waals surface area contributed by atoms with Crippen LogP contribution in [-0.2, 0) is 21.3 Å². The second-order valence-electron chi connectivity index (χ2n) is 4.97. The molecule has 2 aromatic carbocycles. The summed E-state index contributed by atoms with van der Waals surface area (Å²) >= 11 is 0. The molecule has 0 aliphatic heterocycles. The fourth-order valence-electron chi connectivity index (χ4n) is 2.24. The van der Waals surface area contributed by atoms with Crippen molar-refractivity contribution in [3.05, 3.63) is 60.2 Å². The van der Waals surface area contributed by atoms with Gasteiger partial charge < -0.3 is 9.47 Å². The van der Waals surface area contributed by atoms with Crippen LogP contribution in [0.3, 0.4) is 0 Å². The molecule has 0 N–H and O–H groups in total. The molecule has 0 aliphatic rings. The van der Waals surface area contributed by atoms with E-state index in [4.69, 9.17) is 9.47 Å². The highest BCUT2D eigenvalue weighted by atomic mass is 32.2. The maximum Gasteiger partial charge on any atom is 0.247 e. The summed E-state index contributed by atoms with van der Waals surface area (Å²) < 4.78 is 37.7. The van der Waals surface area contributed by atoms with E-state index in [0.29, 0.717) is 12.4 Å². The summed E-state index contributed by atoms with van der Waals surface area (Å²) in [5.74, 6) is 0.336. The number of nitrogens with zero attached hydrogens (tertiary/aromatic N) is 1. The first kappa shape index (κ1) is 17.5. The SMILES string of the molecule is COCCN(Cc1ccccc1)S(=O)(=O)c1ccccc1OC. The Balaban J connectivity index is 2.36. The van der Waals surface area contributed by atoms with E-state index in [9.17, 15) is 8.42 Å². The molecule has 0 unspecified atom stereocenters. The number of para-hydroxylation sites is 1. The molecule has 2 rings (SSSR count). The summed E-state index contributed by atoms with van der Waals surface area (Å²) in [4.78, 5) is 0.162. The average Bonchev–Trinajstić information content (AvgIpc) is 2.59. The summed E-state index contributed by atoms with van der Waals surface area (Å²) in [6.45, 7) is 0.873. The third-order valence-electron chi connectivity index (χ3n) is 3.43. The van der Waals surface area contributed by atoms with Gasteiger partial charge in [0, 0.05) is 20.2 Å². The lowest BCUT2D eigenvalue weighted by Crippen LogP contribution is -2.33. The van der Waals surface area contributed by atoms with E-state index < -0.39 is 10.0 Å². The van der Waals surface area contributed by atoms with Crippen molar-refractivity contribution in [1.82, 2.24) is 4.31 Å². The highest BCUT2D eigenvalue weighted by Crippen LogP contribution is 2.27. The molecule has 0 aliphatic carbocycles. The summed E-state index contributed by atoms with van der Waals surface area (Å²) in [6, 6.07) is 16.1. The zero-order valence-electron chi connectivity index (χ0n) is 13.3. The van der Waals surface area contributed by atoms with Crippen molar-refractivity contribution in [2.24, 2.45) is 0 Å². The maximum absolute atomic E-state index is 13.0. The van der Waals surface area contributed by atoms with Crippen molar-refractivity contribution in [1.29, 1.82) is 0 Å². The Morgan fingerprint density at radius 1 is 0.957 bits per heavy atom. The molecule has 2 aromatic rings. The largest absolute Gasteiger partial charge is 0.495 e. The lowest BCUT2D eigenvalue weighted by molar-refractivity contribution is 0.177. The second-order valence-corrected chi connectivity index (χ2v) is 6.87. The van der Waals surface area contributed by atoms with Gasteiger partial charge in [-0.05, 0) is 17.7 Å². The van der Waals surface area contributed by atoms with Gasteiger partial charge in [-0.15, -0.1) is 0 Å². The first-order valence-corrected chi connectivity index (χ1v) is 8.69. The lowest BCUT2D eigenvalue weighted by atomic mass is 10.2. The van der Waals surface area contributed by atoms with Crippen LogP contribution < -0.4 is 4.74 Å². The van der Waals surface area contributed by atoms with E-state index in [2.05, 4.69) is 0 Å². The van der Waals surface area contributed by atoms with Crippen LogP contribution in [0.1, 0.15) is 5.56 Å². The molecule has 0 saturated carbocycles. The number of methoxy groups -OCH3 is 2. The predicted molar refractivity (Wildman–Crippen MR) is 88.9 cm³/mol. The molecule has 6 heteroatoms. The van der Waals surface area contributed by atoms with E-state index >= 15 is 0 Å². The smallest absolute Gasteiger partial charge is 0.247 e. The van der Waals surface area contributed by atoms with Gasteiger partial charge in [0.2, 0.25) is 10.0 Å². The van der Waals surface area contributed by atoms with Gasteiger partial charge in [0.25, 0.3) is 0 Å². The fraction of sp³-hybridized carbons (Fsp3) is 0.294. The second kappa shape index (κ2) is 8.10. The van der Waals surface area contributed by atoms with Gasteiger partial charge in [0.15, 0.2) is 0 Å². The standard InChI is InChI=1S/C17H21NO4S/c1-21-13-12-18(14-15-8-4-3-5-9-15)23(19,20)17-11-7-6-10-16(17)22-2/h3-11H,12-14H2,1-2H3. The zero-order valence-corrected chi connectivity index (χ0v) is 14.1. The molecule has 0 aromatic heterocycles. The molecule has 0 heterocycles. The number of sulfonamides is 1. The van der Waals surface area contributed by atoms with Gasteiger partial charge in [0.1, 0.15) is 10.6 Å². The Labute approximate surface area is 137 Å². The number of benzene rings is 2. The first-order valence-electron chi connectivity index (χ1n) is 7.25. The van der Waals surface area contributed by atoms with Crippen molar-refractivity contribution in [2.75, 3.05) is 27.4 Å². The molecule has 124 valence electrons. The van der Waals surface area contributed by atoms with Crippen molar-refractivity contribution in [2.45, 2.75) is 11.4 Å². The molecule has 0 saturated heterocycles. The molecule has 0 spiro atoms. The van der Waals surface area contributed by atoms with E-state index in [1.165, 1.54) is 11.4 Å². The molecular formula is C17H21NO4S. The number of rotatable bonds is 8. The Hall–Kier alpha value is -1.89. The molecule has 0 atom stereocenters. The summed E-state index contributed by atoms with van der Waals surface area (Å²) in [7, 11) is -0.671. The molecule has 23 heavy (non-hydrogen) atoms. The summed E-state index contributed by atoms with van der Waals surface area (Å²) in [5, 5.41) is 0. The van der Waals surface area contributed by atoms with E-state index in [1.807, 2.05) is 30.3 Å². The maximum atomic E-state index is 13.0. The van der Waals surface area contributed by atoms with Gasteiger partial charge >= 0.3 is 0 Å². The molecule has 0 fully saturated rings. The Morgan fingerprint density at radius 3 is 2.26 bits per heavy atom. The van der Waals surface area contributed by atoms with E-state index in [-0.39, 0.29) is 18.0 Å². The highest BCUT2D eigenvalue weighted by molar-refractivity contribution is 7.89. The van der Waals surface area contributed by atoms with Crippen LogP contribution in [0.5, 0.6) is 5.75 Å². The highest BCUT2D eigenvalue weighted by Gasteiger charge is 2.27. The Bertz CT molecular complexity index is 716. The number of hydrogen-bond donors (Lipinski definition) is 0. The van der Waals surface area contributed by atoms with Crippen molar-refractivity contribution in [3.8, 4) is 5.75 Å². The zero-order chi connectivity index (χ0) is 16.7. The van der Waals surface area contributed by atoms with Crippen LogP contribution in [0.25, 0.3) is 0 Å². The predicted octanol–water partition coefficient (Wildman–Crippen LogP) is 2.53. The van der Waals surface area contributed by atoms with Gasteiger partial charge in [-0.25, -0.2) is 8.42 Å². The van der Waals surface area contributed by atoms with Gasteiger partial charge in [-0.2, -0.15) is 4.31 Å². The van der Waals surface area contributed by atoms with Gasteiger partial charge in [-0.3, -0.25) is 0 Å². The van der Waals surface area contributed by atoms with Crippen molar-refractivity contribution < 1.29 is 17.9 Å². The van der Waals surface area contributed by atoms with Crippen LogP contribution in [-0.4, -0.2) is 40.1 Å². The van der Waals surface area contributed by atoms with Crippen LogP contribution in [0.4, 0.5) is 0 Å². The van der Waals surface area contributed by atoms with Crippen LogP contribution in [0.15, 0.2) is 59.5 Å². The van der Waals surface area contributed by atoms with Crippen LogP contribution >= 0.6 is 0 Å². The minimum absolute atomic E-state index is 0.162.